The Hall–Kier alpha value is -2.28. The van der Waals surface area contributed by atoms with Crippen LogP contribution in [0.1, 0.15) is 193 Å². The van der Waals surface area contributed by atoms with Gasteiger partial charge in [0.25, 0.3) is 0 Å². The number of carboxylic acid groups (broad SMARTS) is 1. The van der Waals surface area contributed by atoms with E-state index in [0.717, 1.165) is 30.5 Å². The summed E-state index contributed by atoms with van der Waals surface area (Å²) in [5, 5.41) is 15.2. The van der Waals surface area contributed by atoms with Gasteiger partial charge in [-0.1, -0.05) is 174 Å². The summed E-state index contributed by atoms with van der Waals surface area (Å²) in [5.74, 6) is -0.705. The highest BCUT2D eigenvalue weighted by atomic mass is 35.5. The first-order chi connectivity index (χ1) is 40.6. The molecule has 3 aliphatic carbocycles. The standard InChI is InChI=1S/C24H36Cl2N2.C23H34Cl2N2O.C15H30N2.C8H6Cl2O2/c1-5-24(6-2)12-11-22(23(17-24)28-13-7-8-14-28)27(4)18(3)15-19-9-10-20(25)21(26)16-19;1-4-23(5-2)11-10-20(27-12-6-7-13-27)21(16-23)26(3)22(28)15-17-8-9-18(24)19(25)14-17;1-4-15(5-2)9-8-14(13(12-15)16-3)17-10-6-7-11-17;9-6-2-1-5(3-7(6)10)4-8(11)12/h9-10,16,22-23H,3,5-8,11-15,17H2,1-2,4H3;8-9,14,20-21H,4-7,10-13,15-16H2,1-3H3;13-14,16H,4-12H2,1-3H3;1-3H,4H2,(H,11,12)/t22-,23-;20-,21-;13-,14-;/m111./s1. The van der Waals surface area contributed by atoms with Crippen molar-refractivity contribution in [1.29, 1.82) is 0 Å². The molecule has 9 rings (SSSR count). The van der Waals surface area contributed by atoms with E-state index in [0.29, 0.717) is 82.5 Å². The van der Waals surface area contributed by atoms with Gasteiger partial charge in [0.15, 0.2) is 0 Å². The van der Waals surface area contributed by atoms with Gasteiger partial charge >= 0.3 is 5.97 Å². The number of nitrogens with one attached hydrogen (secondary N) is 1. The molecule has 3 aromatic carbocycles. The van der Waals surface area contributed by atoms with Crippen molar-refractivity contribution in [2.24, 2.45) is 16.2 Å². The number of allylic oxidation sites excluding steroid dienone is 1. The topological polar surface area (TPSA) is 82.6 Å². The maximum Gasteiger partial charge on any atom is 0.307 e. The van der Waals surface area contributed by atoms with Crippen LogP contribution in [0.4, 0.5) is 0 Å². The van der Waals surface area contributed by atoms with Crippen molar-refractivity contribution in [3.63, 3.8) is 0 Å². The number of likely N-dealkylation sites (tertiary alicyclic amines) is 3. The predicted molar refractivity (Wildman–Crippen MR) is 363 cm³/mol. The van der Waals surface area contributed by atoms with Crippen LogP contribution < -0.4 is 5.32 Å². The van der Waals surface area contributed by atoms with Gasteiger partial charge in [-0.3, -0.25) is 24.3 Å². The van der Waals surface area contributed by atoms with Crippen molar-refractivity contribution in [3.05, 3.63) is 114 Å². The van der Waals surface area contributed by atoms with E-state index in [4.69, 9.17) is 74.7 Å². The largest absolute Gasteiger partial charge is 0.481 e. The van der Waals surface area contributed by atoms with Crippen LogP contribution in [0.25, 0.3) is 0 Å². The Morgan fingerprint density at radius 3 is 1.31 bits per heavy atom. The molecule has 3 saturated carbocycles. The van der Waals surface area contributed by atoms with Gasteiger partial charge in [0, 0.05) is 62.5 Å². The maximum atomic E-state index is 13.2. The second-order valence-electron chi connectivity index (χ2n) is 26.2. The number of carbonyl (C=O) groups is 2. The first kappa shape index (κ1) is 71.8. The molecule has 6 fully saturated rings. The summed E-state index contributed by atoms with van der Waals surface area (Å²) in [5.41, 5.74) is 5.46. The van der Waals surface area contributed by atoms with E-state index in [9.17, 15) is 9.59 Å². The Labute approximate surface area is 544 Å². The van der Waals surface area contributed by atoms with Crippen LogP contribution in [0.2, 0.25) is 30.1 Å². The zero-order chi connectivity index (χ0) is 62.1. The molecule has 0 radical (unpaired) electrons. The smallest absolute Gasteiger partial charge is 0.307 e. The summed E-state index contributed by atoms with van der Waals surface area (Å²) >= 11 is 35.8. The van der Waals surface area contributed by atoms with E-state index >= 15 is 0 Å². The van der Waals surface area contributed by atoms with Crippen LogP contribution in [0.5, 0.6) is 0 Å². The minimum absolute atomic E-state index is 0.0309. The molecule has 3 aliphatic heterocycles. The number of halogens is 6. The molecule has 3 heterocycles. The van der Waals surface area contributed by atoms with Gasteiger partial charge in [0.1, 0.15) is 0 Å². The number of aliphatic carboxylic acids is 1. The highest BCUT2D eigenvalue weighted by Crippen LogP contribution is 2.48. The highest BCUT2D eigenvalue weighted by molar-refractivity contribution is 6.43. The van der Waals surface area contributed by atoms with Crippen LogP contribution in [0.15, 0.2) is 66.9 Å². The molecule has 0 spiro atoms. The zero-order valence-electron chi connectivity index (χ0n) is 53.3. The number of rotatable bonds is 19. The first-order valence-electron chi connectivity index (χ1n) is 32.7. The Bertz CT molecular complexity index is 2570. The van der Waals surface area contributed by atoms with Crippen molar-refractivity contribution in [2.45, 2.75) is 232 Å². The average Bonchev–Trinajstić information content (AvgIpc) is 4.50. The van der Waals surface area contributed by atoms with Gasteiger partial charge in [-0.15, -0.1) is 0 Å². The fourth-order valence-electron chi connectivity index (χ4n) is 15.5. The Kier molecular flexibility index (Phi) is 28.9. The number of hydrogen-bond donors (Lipinski definition) is 2. The molecule has 1 amide bonds. The van der Waals surface area contributed by atoms with E-state index in [1.165, 1.54) is 179 Å². The number of carboxylic acids is 1. The molecule has 85 heavy (non-hydrogen) atoms. The molecule has 6 aliphatic rings. The van der Waals surface area contributed by atoms with E-state index in [1.807, 2.05) is 36.2 Å². The van der Waals surface area contributed by atoms with Crippen LogP contribution in [-0.4, -0.2) is 138 Å². The minimum atomic E-state index is -0.881. The summed E-state index contributed by atoms with van der Waals surface area (Å²) in [7, 11) is 6.42. The number of hydrogen-bond acceptors (Lipinski definition) is 7. The van der Waals surface area contributed by atoms with Crippen molar-refractivity contribution in [2.75, 3.05) is 60.4 Å². The second-order valence-corrected chi connectivity index (χ2v) is 28.6. The maximum absolute atomic E-state index is 13.2. The van der Waals surface area contributed by atoms with Gasteiger partial charge in [0.2, 0.25) is 5.91 Å². The molecule has 0 bridgehead atoms. The highest BCUT2D eigenvalue weighted by Gasteiger charge is 2.46. The number of likely N-dealkylation sites (N-methyl/N-ethyl adjacent to an activating group) is 3. The molecule has 9 nitrogen and oxygen atoms in total. The summed E-state index contributed by atoms with van der Waals surface area (Å²) in [6.07, 6.45) is 28.8. The molecular formula is C70H106Cl6N6O3. The summed E-state index contributed by atoms with van der Waals surface area (Å²) in [6.45, 7) is 26.2. The molecular weight excluding hydrogens is 1190 g/mol. The third-order valence-electron chi connectivity index (χ3n) is 21.9. The summed E-state index contributed by atoms with van der Waals surface area (Å²) in [6, 6.07) is 19.7. The third kappa shape index (κ3) is 19.6. The number of nitrogens with zero attached hydrogens (tertiary/aromatic N) is 5. The van der Waals surface area contributed by atoms with Gasteiger partial charge < -0.3 is 20.2 Å². The molecule has 3 aromatic rings. The van der Waals surface area contributed by atoms with Crippen LogP contribution >= 0.6 is 69.6 Å². The summed E-state index contributed by atoms with van der Waals surface area (Å²) < 4.78 is 0. The minimum Gasteiger partial charge on any atom is -0.481 e. The fraction of sp³-hybridized carbons (Fsp3) is 0.686. The van der Waals surface area contributed by atoms with E-state index < -0.39 is 5.97 Å². The first-order valence-corrected chi connectivity index (χ1v) is 35.0. The third-order valence-corrected chi connectivity index (χ3v) is 24.1. The molecule has 0 aromatic heterocycles. The zero-order valence-corrected chi connectivity index (χ0v) is 57.9. The van der Waals surface area contributed by atoms with Crippen molar-refractivity contribution >= 4 is 81.5 Å². The molecule has 15 heteroatoms. The lowest BCUT2D eigenvalue weighted by Crippen LogP contribution is -2.56. The molecule has 476 valence electrons. The molecule has 0 unspecified atom stereocenters. The molecule has 3 saturated heterocycles. The van der Waals surface area contributed by atoms with E-state index in [2.05, 4.69) is 93.2 Å². The van der Waals surface area contributed by atoms with Crippen LogP contribution in [0, 0.1) is 16.2 Å². The van der Waals surface area contributed by atoms with Crippen LogP contribution in [-0.2, 0) is 28.9 Å². The monoisotopic (exact) mass is 1290 g/mol. The molecule has 2 N–H and O–H groups in total. The van der Waals surface area contributed by atoms with E-state index in [-0.39, 0.29) is 12.3 Å². The van der Waals surface area contributed by atoms with Crippen molar-refractivity contribution in [3.8, 4) is 0 Å². The Morgan fingerprint density at radius 1 is 0.506 bits per heavy atom. The number of carbonyl (C=O) groups excluding carboxylic acids is 1. The Morgan fingerprint density at radius 2 is 0.882 bits per heavy atom. The Balaban J connectivity index is 0.000000191. The predicted octanol–water partition coefficient (Wildman–Crippen LogP) is 18.3. The average molecular weight is 1290 g/mol. The number of amides is 1. The van der Waals surface area contributed by atoms with Gasteiger partial charge in [-0.25, -0.2) is 0 Å². The van der Waals surface area contributed by atoms with E-state index in [1.54, 1.807) is 24.3 Å². The SMILES string of the molecule is C=C(Cc1ccc(Cl)c(Cl)c1)N(C)[C@@H]1CCC(CC)(CC)C[C@H]1N1CCCC1.CCC1(CC)CC[C@@H](N2CCCC2)[C@H](N(C)C(=O)Cc2ccc(Cl)c(Cl)c2)C1.CCC1(CC)CC[C@@H](N2CCCC2)[C@H](NC)C1.O=C(O)Cc1ccc(Cl)c(Cl)c1. The van der Waals surface area contributed by atoms with Crippen molar-refractivity contribution in [1.82, 2.24) is 29.8 Å². The lowest BCUT2D eigenvalue weighted by atomic mass is 9.66. The lowest BCUT2D eigenvalue weighted by molar-refractivity contribution is -0.136. The fourth-order valence-corrected chi connectivity index (χ4v) is 16.5. The van der Waals surface area contributed by atoms with Gasteiger partial charge in [-0.05, 0) is 212 Å². The number of benzene rings is 3. The van der Waals surface area contributed by atoms with Crippen LogP contribution in [0.3, 0.4) is 0 Å². The molecule has 6 atom stereocenters. The van der Waals surface area contributed by atoms with Gasteiger partial charge in [-0.2, -0.15) is 0 Å². The quantitative estimate of drug-likeness (QED) is 0.123. The summed E-state index contributed by atoms with van der Waals surface area (Å²) in [4.78, 5) is 36.2. The van der Waals surface area contributed by atoms with Crippen molar-refractivity contribution < 1.29 is 14.7 Å². The second kappa shape index (κ2) is 34.2. The normalized spacial score (nSPS) is 24.7. The lowest BCUT2D eigenvalue weighted by Gasteiger charge is -2.51. The van der Waals surface area contributed by atoms with Gasteiger partial charge in [0.05, 0.1) is 43.0 Å².